The van der Waals surface area contributed by atoms with Crippen LogP contribution in [0.1, 0.15) is 15.9 Å². The van der Waals surface area contributed by atoms with E-state index in [0.29, 0.717) is 27.3 Å². The first-order chi connectivity index (χ1) is 9.56. The molecule has 0 aliphatic heterocycles. The molecule has 0 aliphatic carbocycles. The van der Waals surface area contributed by atoms with Gasteiger partial charge >= 0.3 is 5.97 Å². The first kappa shape index (κ1) is 14.6. The number of carbonyl (C=O) groups is 1. The van der Waals surface area contributed by atoms with Crippen LogP contribution in [0.4, 0.5) is 0 Å². The van der Waals surface area contributed by atoms with Gasteiger partial charge in [0.15, 0.2) is 0 Å². The minimum atomic E-state index is -0.494. The minimum Gasteiger partial charge on any atom is -0.465 e. The third-order valence-corrected chi connectivity index (χ3v) is 3.51. The number of rotatable bonds is 2. The van der Waals surface area contributed by atoms with Crippen LogP contribution in [0.5, 0.6) is 0 Å². The fraction of sp³-hybridized carbons (Fsp3) is 0.0667. The molecule has 20 heavy (non-hydrogen) atoms. The number of ether oxygens (including phenoxy) is 1. The van der Waals surface area contributed by atoms with Crippen LogP contribution in [0.3, 0.4) is 0 Å². The topological polar surface area (TPSA) is 50.1 Å². The number of methoxy groups -OCH3 is 1. The number of esters is 1. The molecule has 0 saturated carbocycles. The standard InChI is InChI=1S/C15H9BrClNO2/c1-20-15(19)14-7-11(17)4-5-12(14)13-6-10(16)3-2-9(13)8-18/h2-7H,1H3. The van der Waals surface area contributed by atoms with Crippen molar-refractivity contribution in [1.29, 1.82) is 5.26 Å². The molecule has 0 fully saturated rings. The minimum absolute atomic E-state index is 0.328. The second kappa shape index (κ2) is 6.08. The van der Waals surface area contributed by atoms with E-state index < -0.39 is 5.97 Å². The highest BCUT2D eigenvalue weighted by Gasteiger charge is 2.16. The summed E-state index contributed by atoms with van der Waals surface area (Å²) in [6.07, 6.45) is 0. The zero-order valence-electron chi connectivity index (χ0n) is 10.5. The summed E-state index contributed by atoms with van der Waals surface area (Å²) in [5.41, 5.74) is 2.06. The summed E-state index contributed by atoms with van der Waals surface area (Å²) >= 11 is 9.29. The molecule has 0 N–H and O–H groups in total. The third-order valence-electron chi connectivity index (χ3n) is 2.78. The monoisotopic (exact) mass is 349 g/mol. The highest BCUT2D eigenvalue weighted by atomic mass is 79.9. The Labute approximate surface area is 129 Å². The molecule has 0 atom stereocenters. The fourth-order valence-corrected chi connectivity index (χ4v) is 2.40. The first-order valence-corrected chi connectivity index (χ1v) is 6.82. The number of hydrogen-bond acceptors (Lipinski definition) is 3. The molecule has 0 unspecified atom stereocenters. The maximum Gasteiger partial charge on any atom is 0.338 e. The Morgan fingerprint density at radius 2 is 2.00 bits per heavy atom. The maximum atomic E-state index is 11.9. The van der Waals surface area contributed by atoms with Crippen LogP contribution in [-0.4, -0.2) is 13.1 Å². The molecular weight excluding hydrogens is 342 g/mol. The Balaban J connectivity index is 2.73. The van der Waals surface area contributed by atoms with Crippen molar-refractivity contribution in [3.63, 3.8) is 0 Å². The molecule has 0 spiro atoms. The van der Waals surface area contributed by atoms with E-state index in [-0.39, 0.29) is 0 Å². The van der Waals surface area contributed by atoms with E-state index >= 15 is 0 Å². The zero-order chi connectivity index (χ0) is 14.7. The van der Waals surface area contributed by atoms with Crippen molar-refractivity contribution < 1.29 is 9.53 Å². The second-order valence-corrected chi connectivity index (χ2v) is 5.34. The zero-order valence-corrected chi connectivity index (χ0v) is 12.8. The number of hydrogen-bond donors (Lipinski definition) is 0. The van der Waals surface area contributed by atoms with Crippen molar-refractivity contribution in [2.75, 3.05) is 7.11 Å². The molecular formula is C15H9BrClNO2. The van der Waals surface area contributed by atoms with Crippen LogP contribution < -0.4 is 0 Å². The molecule has 0 saturated heterocycles. The Morgan fingerprint density at radius 3 is 2.65 bits per heavy atom. The third kappa shape index (κ3) is 2.84. The predicted molar refractivity (Wildman–Crippen MR) is 80.6 cm³/mol. The summed E-state index contributed by atoms with van der Waals surface area (Å²) in [6, 6.07) is 12.3. The number of benzene rings is 2. The van der Waals surface area contributed by atoms with Gasteiger partial charge in [0.1, 0.15) is 0 Å². The number of halogens is 2. The van der Waals surface area contributed by atoms with Crippen molar-refractivity contribution in [3.05, 3.63) is 57.0 Å². The van der Waals surface area contributed by atoms with Gasteiger partial charge in [0.2, 0.25) is 0 Å². The lowest BCUT2D eigenvalue weighted by Gasteiger charge is -2.10. The van der Waals surface area contributed by atoms with Crippen LogP contribution in [0.25, 0.3) is 11.1 Å². The van der Waals surface area contributed by atoms with E-state index in [4.69, 9.17) is 16.3 Å². The van der Waals surface area contributed by atoms with Crippen LogP contribution in [0.2, 0.25) is 5.02 Å². The van der Waals surface area contributed by atoms with Gasteiger partial charge in [0.25, 0.3) is 0 Å². The fourth-order valence-electron chi connectivity index (χ4n) is 1.87. The van der Waals surface area contributed by atoms with Gasteiger partial charge < -0.3 is 4.74 Å². The summed E-state index contributed by atoms with van der Waals surface area (Å²) in [4.78, 5) is 11.9. The molecule has 2 aromatic rings. The van der Waals surface area contributed by atoms with Crippen molar-refractivity contribution in [2.24, 2.45) is 0 Å². The summed E-state index contributed by atoms with van der Waals surface area (Å²) in [7, 11) is 1.30. The second-order valence-electron chi connectivity index (χ2n) is 3.98. The Hall–Kier alpha value is -1.83. The van der Waals surface area contributed by atoms with E-state index in [0.717, 1.165) is 4.47 Å². The largest absolute Gasteiger partial charge is 0.465 e. The molecule has 0 radical (unpaired) electrons. The van der Waals surface area contributed by atoms with E-state index in [1.165, 1.54) is 13.2 Å². The lowest BCUT2D eigenvalue weighted by Crippen LogP contribution is -2.04. The van der Waals surface area contributed by atoms with Gasteiger partial charge in [-0.3, -0.25) is 0 Å². The van der Waals surface area contributed by atoms with Crippen molar-refractivity contribution >= 4 is 33.5 Å². The SMILES string of the molecule is COC(=O)c1cc(Cl)ccc1-c1cc(Br)ccc1C#N. The molecule has 0 aromatic heterocycles. The molecule has 0 amide bonds. The lowest BCUT2D eigenvalue weighted by molar-refractivity contribution is 0.0601. The molecule has 2 rings (SSSR count). The van der Waals surface area contributed by atoms with Gasteiger partial charge in [-0.25, -0.2) is 4.79 Å². The van der Waals surface area contributed by atoms with Gasteiger partial charge in [-0.1, -0.05) is 33.6 Å². The highest BCUT2D eigenvalue weighted by Crippen LogP contribution is 2.31. The lowest BCUT2D eigenvalue weighted by atomic mass is 9.96. The average molecular weight is 351 g/mol. The molecule has 0 heterocycles. The number of nitriles is 1. The summed E-state index contributed by atoms with van der Waals surface area (Å²) in [6.45, 7) is 0. The van der Waals surface area contributed by atoms with E-state index in [1.807, 2.05) is 0 Å². The summed E-state index contributed by atoms with van der Waals surface area (Å²) < 4.78 is 5.58. The molecule has 0 aliphatic rings. The van der Waals surface area contributed by atoms with E-state index in [2.05, 4.69) is 22.0 Å². The molecule has 5 heteroatoms. The molecule has 0 bridgehead atoms. The van der Waals surface area contributed by atoms with Crippen molar-refractivity contribution in [3.8, 4) is 17.2 Å². The molecule has 2 aromatic carbocycles. The maximum absolute atomic E-state index is 11.9. The predicted octanol–water partition coefficient (Wildman–Crippen LogP) is 4.43. The van der Waals surface area contributed by atoms with Crippen LogP contribution in [0.15, 0.2) is 40.9 Å². The van der Waals surface area contributed by atoms with Crippen molar-refractivity contribution in [2.45, 2.75) is 0 Å². The number of carbonyl (C=O) groups excluding carboxylic acids is 1. The van der Waals surface area contributed by atoms with E-state index in [9.17, 15) is 10.1 Å². The first-order valence-electron chi connectivity index (χ1n) is 5.64. The Kier molecular flexibility index (Phi) is 4.43. The smallest absolute Gasteiger partial charge is 0.338 e. The van der Waals surface area contributed by atoms with Crippen LogP contribution in [-0.2, 0) is 4.74 Å². The van der Waals surface area contributed by atoms with Gasteiger partial charge in [-0.2, -0.15) is 5.26 Å². The van der Waals surface area contributed by atoms with Crippen molar-refractivity contribution in [1.82, 2.24) is 0 Å². The van der Waals surface area contributed by atoms with Gasteiger partial charge in [-0.05, 0) is 35.9 Å². The summed E-state index contributed by atoms with van der Waals surface area (Å²) in [5.74, 6) is -0.494. The summed E-state index contributed by atoms with van der Waals surface area (Å²) in [5, 5.41) is 9.64. The quantitative estimate of drug-likeness (QED) is 0.753. The van der Waals surface area contributed by atoms with Gasteiger partial charge in [0, 0.05) is 15.1 Å². The number of nitrogens with zero attached hydrogens (tertiary/aromatic N) is 1. The average Bonchev–Trinajstić information content (AvgIpc) is 2.46. The van der Waals surface area contributed by atoms with Crippen LogP contribution >= 0.6 is 27.5 Å². The Morgan fingerprint density at radius 1 is 1.25 bits per heavy atom. The normalized spacial score (nSPS) is 9.90. The van der Waals surface area contributed by atoms with E-state index in [1.54, 1.807) is 30.3 Å². The highest BCUT2D eigenvalue weighted by molar-refractivity contribution is 9.10. The molecule has 100 valence electrons. The van der Waals surface area contributed by atoms with Crippen LogP contribution in [0, 0.1) is 11.3 Å². The van der Waals surface area contributed by atoms with Gasteiger partial charge in [-0.15, -0.1) is 0 Å². The Bertz CT molecular complexity index is 722. The molecule has 3 nitrogen and oxygen atoms in total. The van der Waals surface area contributed by atoms with Gasteiger partial charge in [0.05, 0.1) is 24.3 Å².